The third kappa shape index (κ3) is 3.78. The van der Waals surface area contributed by atoms with Gasteiger partial charge in [0.2, 0.25) is 0 Å². The van der Waals surface area contributed by atoms with Crippen LogP contribution < -0.4 is 9.47 Å². The molecule has 0 N–H and O–H groups in total. The molecule has 1 aliphatic carbocycles. The molecule has 1 heterocycles. The molecule has 154 valence electrons. The molecule has 2 aromatic rings. The van der Waals surface area contributed by atoms with Crippen LogP contribution in [0, 0.1) is 0 Å². The molecule has 0 aromatic heterocycles. The number of nitrogens with zero attached hydrogens (tertiary/aromatic N) is 1. The van der Waals surface area contributed by atoms with Gasteiger partial charge in [0.1, 0.15) is 11.5 Å². The van der Waals surface area contributed by atoms with Gasteiger partial charge in [-0.3, -0.25) is 9.69 Å². The number of unbranched alkanes of at least 4 members (excludes halogenated alkanes) is 1. The van der Waals surface area contributed by atoms with Crippen LogP contribution in [0.15, 0.2) is 30.3 Å². The van der Waals surface area contributed by atoms with Gasteiger partial charge >= 0.3 is 5.97 Å². The number of benzene rings is 2. The van der Waals surface area contributed by atoms with Gasteiger partial charge in [0, 0.05) is 24.6 Å². The highest BCUT2D eigenvalue weighted by molar-refractivity contribution is 5.84. The van der Waals surface area contributed by atoms with Crippen LogP contribution in [-0.4, -0.2) is 31.1 Å². The molecule has 0 fully saturated rings. The van der Waals surface area contributed by atoms with Gasteiger partial charge in [0.25, 0.3) is 0 Å². The summed E-state index contributed by atoms with van der Waals surface area (Å²) in [6.45, 7) is 6.52. The Morgan fingerprint density at radius 1 is 1.17 bits per heavy atom. The van der Waals surface area contributed by atoms with Crippen molar-refractivity contribution < 1.29 is 14.3 Å². The Hall–Kier alpha value is -2.33. The Bertz CT molecular complexity index is 905. The minimum Gasteiger partial charge on any atom is -0.497 e. The molecule has 0 amide bonds. The number of ether oxygens (including phenoxy) is 2. The zero-order chi connectivity index (χ0) is 20.4. The zero-order valence-electron chi connectivity index (χ0n) is 17.8. The van der Waals surface area contributed by atoms with Gasteiger partial charge in [-0.2, -0.15) is 0 Å². The number of hydrogen-bond acceptors (Lipinski definition) is 4. The van der Waals surface area contributed by atoms with Gasteiger partial charge in [0.05, 0.1) is 7.11 Å². The van der Waals surface area contributed by atoms with E-state index in [0.717, 1.165) is 56.5 Å². The Morgan fingerprint density at radius 2 is 2.03 bits per heavy atom. The summed E-state index contributed by atoms with van der Waals surface area (Å²) in [6.07, 6.45) is 5.45. The molecule has 4 heteroatoms. The van der Waals surface area contributed by atoms with E-state index < -0.39 is 0 Å². The lowest BCUT2D eigenvalue weighted by Gasteiger charge is -2.42. The third-order valence-electron chi connectivity index (χ3n) is 6.18. The molecule has 0 saturated heterocycles. The highest BCUT2D eigenvalue weighted by atomic mass is 16.5. The highest BCUT2D eigenvalue weighted by Crippen LogP contribution is 2.49. The SMILES string of the molecule is CCCCC(=O)Oc1cccc2c1-c1cc(OC)cc3c1[C@@H](C2)N(CCC)CC3. The molecule has 1 aliphatic heterocycles. The van der Waals surface area contributed by atoms with E-state index in [1.54, 1.807) is 7.11 Å². The predicted octanol–water partition coefficient (Wildman–Crippen LogP) is 5.32. The van der Waals surface area contributed by atoms with Crippen LogP contribution >= 0.6 is 0 Å². The summed E-state index contributed by atoms with van der Waals surface area (Å²) in [4.78, 5) is 15.0. The van der Waals surface area contributed by atoms with E-state index in [4.69, 9.17) is 9.47 Å². The zero-order valence-corrected chi connectivity index (χ0v) is 17.8. The number of methoxy groups -OCH3 is 1. The highest BCUT2D eigenvalue weighted by Gasteiger charge is 2.36. The van der Waals surface area contributed by atoms with E-state index in [-0.39, 0.29) is 5.97 Å². The molecule has 0 spiro atoms. The van der Waals surface area contributed by atoms with E-state index in [0.29, 0.717) is 18.2 Å². The first-order valence-corrected chi connectivity index (χ1v) is 10.9. The van der Waals surface area contributed by atoms with Gasteiger partial charge in [0.15, 0.2) is 0 Å². The molecule has 0 radical (unpaired) electrons. The van der Waals surface area contributed by atoms with Crippen LogP contribution in [0.1, 0.15) is 62.3 Å². The fourth-order valence-corrected chi connectivity index (χ4v) is 4.84. The molecule has 4 rings (SSSR count). The monoisotopic (exact) mass is 393 g/mol. The van der Waals surface area contributed by atoms with Gasteiger partial charge in [-0.05, 0) is 72.7 Å². The summed E-state index contributed by atoms with van der Waals surface area (Å²) >= 11 is 0. The van der Waals surface area contributed by atoms with E-state index in [2.05, 4.69) is 36.9 Å². The maximum absolute atomic E-state index is 12.4. The van der Waals surface area contributed by atoms with Crippen molar-refractivity contribution in [1.29, 1.82) is 0 Å². The molecule has 29 heavy (non-hydrogen) atoms. The summed E-state index contributed by atoms with van der Waals surface area (Å²) in [5.41, 5.74) is 6.27. The molecule has 1 atom stereocenters. The van der Waals surface area contributed by atoms with Gasteiger partial charge < -0.3 is 9.47 Å². The lowest BCUT2D eigenvalue weighted by molar-refractivity contribution is -0.134. The lowest BCUT2D eigenvalue weighted by atomic mass is 9.76. The van der Waals surface area contributed by atoms with Crippen molar-refractivity contribution in [3.63, 3.8) is 0 Å². The van der Waals surface area contributed by atoms with Crippen LogP contribution in [-0.2, 0) is 17.6 Å². The first-order chi connectivity index (χ1) is 14.2. The standard InChI is InChI=1S/C25H31NO3/c1-4-6-10-23(27)29-22-9-7-8-17-15-21-24-18(11-13-26(21)12-5-2)14-19(28-3)16-20(24)25(17)22/h7-9,14,16,21H,4-6,10-13,15H2,1-3H3/t21-/m1/s1. The Labute approximate surface area is 173 Å². The number of carbonyl (C=O) groups is 1. The molecule has 2 aliphatic rings. The van der Waals surface area contributed by atoms with Crippen molar-refractivity contribution in [2.75, 3.05) is 20.2 Å². The van der Waals surface area contributed by atoms with Crippen molar-refractivity contribution in [3.8, 4) is 22.6 Å². The maximum Gasteiger partial charge on any atom is 0.311 e. The first-order valence-electron chi connectivity index (χ1n) is 10.9. The van der Waals surface area contributed by atoms with Crippen LogP contribution in [0.3, 0.4) is 0 Å². The number of esters is 1. The van der Waals surface area contributed by atoms with Crippen molar-refractivity contribution in [3.05, 3.63) is 47.0 Å². The van der Waals surface area contributed by atoms with Gasteiger partial charge in [-0.1, -0.05) is 32.4 Å². The fraction of sp³-hybridized carbons (Fsp3) is 0.480. The summed E-state index contributed by atoms with van der Waals surface area (Å²) in [7, 11) is 1.72. The van der Waals surface area contributed by atoms with Crippen LogP contribution in [0.4, 0.5) is 0 Å². The Morgan fingerprint density at radius 3 is 2.79 bits per heavy atom. The molecular formula is C25H31NO3. The second-order valence-electron chi connectivity index (χ2n) is 8.12. The molecule has 0 bridgehead atoms. The fourth-order valence-electron chi connectivity index (χ4n) is 4.84. The number of rotatable bonds is 7. The molecular weight excluding hydrogens is 362 g/mol. The number of carbonyl (C=O) groups excluding carboxylic acids is 1. The maximum atomic E-state index is 12.4. The average molecular weight is 394 g/mol. The minimum atomic E-state index is -0.147. The van der Waals surface area contributed by atoms with Crippen molar-refractivity contribution in [2.24, 2.45) is 0 Å². The smallest absolute Gasteiger partial charge is 0.311 e. The van der Waals surface area contributed by atoms with Crippen LogP contribution in [0.25, 0.3) is 11.1 Å². The molecule has 0 unspecified atom stereocenters. The average Bonchev–Trinajstić information content (AvgIpc) is 2.74. The third-order valence-corrected chi connectivity index (χ3v) is 6.18. The molecule has 0 saturated carbocycles. The van der Waals surface area contributed by atoms with Gasteiger partial charge in [-0.15, -0.1) is 0 Å². The summed E-state index contributed by atoms with van der Waals surface area (Å²) < 4.78 is 11.5. The van der Waals surface area contributed by atoms with E-state index in [9.17, 15) is 4.79 Å². The largest absolute Gasteiger partial charge is 0.497 e. The Balaban J connectivity index is 1.81. The lowest BCUT2D eigenvalue weighted by Crippen LogP contribution is -2.39. The van der Waals surface area contributed by atoms with E-state index in [1.165, 1.54) is 22.3 Å². The second-order valence-corrected chi connectivity index (χ2v) is 8.12. The van der Waals surface area contributed by atoms with Gasteiger partial charge in [-0.25, -0.2) is 0 Å². The summed E-state index contributed by atoms with van der Waals surface area (Å²) in [5.74, 6) is 1.42. The number of fused-ring (bicyclic) bond motifs is 2. The summed E-state index contributed by atoms with van der Waals surface area (Å²) in [5, 5.41) is 0. The minimum absolute atomic E-state index is 0.147. The normalized spacial score (nSPS) is 17.4. The second kappa shape index (κ2) is 8.58. The van der Waals surface area contributed by atoms with Crippen molar-refractivity contribution >= 4 is 5.97 Å². The van der Waals surface area contributed by atoms with E-state index in [1.807, 2.05) is 12.1 Å². The molecule has 2 aromatic carbocycles. The van der Waals surface area contributed by atoms with Crippen LogP contribution in [0.5, 0.6) is 11.5 Å². The van der Waals surface area contributed by atoms with Crippen molar-refractivity contribution in [2.45, 2.75) is 58.4 Å². The topological polar surface area (TPSA) is 38.8 Å². The van der Waals surface area contributed by atoms with E-state index >= 15 is 0 Å². The molecule has 4 nitrogen and oxygen atoms in total. The first kappa shape index (κ1) is 20.0. The summed E-state index contributed by atoms with van der Waals surface area (Å²) in [6, 6.07) is 10.8. The van der Waals surface area contributed by atoms with Crippen LogP contribution in [0.2, 0.25) is 0 Å². The van der Waals surface area contributed by atoms with Crippen molar-refractivity contribution in [1.82, 2.24) is 4.90 Å². The number of hydrogen-bond donors (Lipinski definition) is 0. The quantitative estimate of drug-likeness (QED) is 0.471. The predicted molar refractivity (Wildman–Crippen MR) is 116 cm³/mol. The Kier molecular flexibility index (Phi) is 5.91.